The van der Waals surface area contributed by atoms with Crippen LogP contribution in [-0.2, 0) is 9.59 Å². The maximum Gasteiger partial charge on any atom is 0.303 e. The molecule has 5 heteroatoms. The smallest absolute Gasteiger partial charge is 0.303 e. The lowest BCUT2D eigenvalue weighted by molar-refractivity contribution is -0.137. The Morgan fingerprint density at radius 3 is 2.78 bits per heavy atom. The van der Waals surface area contributed by atoms with E-state index in [2.05, 4.69) is 0 Å². The molecule has 0 spiro atoms. The molecular weight excluding hydrogens is 344 g/mol. The zero-order chi connectivity index (χ0) is 19.5. The van der Waals surface area contributed by atoms with E-state index < -0.39 is 12.1 Å². The van der Waals surface area contributed by atoms with Gasteiger partial charge in [-0.2, -0.15) is 0 Å². The van der Waals surface area contributed by atoms with Crippen LogP contribution in [0, 0.1) is 5.92 Å². The Labute approximate surface area is 160 Å². The molecule has 0 unspecified atom stereocenters. The number of aliphatic hydroxyl groups is 1. The van der Waals surface area contributed by atoms with Crippen molar-refractivity contribution in [1.29, 1.82) is 0 Å². The van der Waals surface area contributed by atoms with Crippen LogP contribution in [-0.4, -0.2) is 34.7 Å². The monoisotopic (exact) mass is 372 g/mol. The molecule has 27 heavy (non-hydrogen) atoms. The third kappa shape index (κ3) is 7.79. The number of unbranched alkanes of at least 4 members (excludes halogenated alkanes) is 1. The third-order valence-corrected chi connectivity index (χ3v) is 4.65. The number of ether oxygens (including phenoxy) is 1. The van der Waals surface area contributed by atoms with Crippen molar-refractivity contribution in [3.05, 3.63) is 54.1 Å². The predicted octanol–water partition coefficient (Wildman–Crippen LogP) is 3.92. The number of carboxylic acid groups (broad SMARTS) is 1. The summed E-state index contributed by atoms with van der Waals surface area (Å²) in [4.78, 5) is 22.6. The highest BCUT2D eigenvalue weighted by atomic mass is 16.5. The van der Waals surface area contributed by atoms with Crippen molar-refractivity contribution in [2.24, 2.45) is 5.92 Å². The van der Waals surface area contributed by atoms with Crippen LogP contribution in [0.1, 0.15) is 44.9 Å². The van der Waals surface area contributed by atoms with E-state index in [1.54, 1.807) is 0 Å². The highest BCUT2D eigenvalue weighted by molar-refractivity contribution is 5.88. The van der Waals surface area contributed by atoms with E-state index >= 15 is 0 Å². The van der Waals surface area contributed by atoms with Gasteiger partial charge in [-0.05, 0) is 44.2 Å². The number of carbonyl (C=O) groups is 2. The van der Waals surface area contributed by atoms with E-state index in [0.29, 0.717) is 38.5 Å². The van der Waals surface area contributed by atoms with Gasteiger partial charge in [0.2, 0.25) is 0 Å². The van der Waals surface area contributed by atoms with E-state index in [1.165, 1.54) is 0 Å². The van der Waals surface area contributed by atoms with Gasteiger partial charge in [-0.15, -0.1) is 0 Å². The van der Waals surface area contributed by atoms with E-state index in [9.17, 15) is 14.7 Å². The van der Waals surface area contributed by atoms with Gasteiger partial charge in [0.1, 0.15) is 18.1 Å². The fraction of sp³-hybridized carbons (Fsp3) is 0.455. The van der Waals surface area contributed by atoms with Crippen LogP contribution in [0.25, 0.3) is 0 Å². The molecule has 2 N–H and O–H groups in total. The van der Waals surface area contributed by atoms with Gasteiger partial charge in [0, 0.05) is 18.8 Å². The lowest BCUT2D eigenvalue weighted by atomic mass is 9.92. The van der Waals surface area contributed by atoms with Crippen molar-refractivity contribution in [1.82, 2.24) is 0 Å². The summed E-state index contributed by atoms with van der Waals surface area (Å²) >= 11 is 0. The number of carboxylic acids is 1. The molecule has 0 radical (unpaired) electrons. The van der Waals surface area contributed by atoms with Gasteiger partial charge >= 0.3 is 5.97 Å². The second-order valence-electron chi connectivity index (χ2n) is 6.81. The average Bonchev–Trinajstić information content (AvgIpc) is 3.01. The van der Waals surface area contributed by atoms with Crippen LogP contribution in [0.15, 0.2) is 54.1 Å². The summed E-state index contributed by atoms with van der Waals surface area (Å²) in [6.45, 7) is 0.236. The first-order chi connectivity index (χ1) is 13.1. The summed E-state index contributed by atoms with van der Waals surface area (Å²) in [7, 11) is 0. The lowest BCUT2D eigenvalue weighted by Gasteiger charge is -2.15. The number of aliphatic carboxylic acids is 1. The first kappa shape index (κ1) is 20.9. The second-order valence-corrected chi connectivity index (χ2v) is 6.81. The number of aliphatic hydroxyl groups excluding tert-OH is 1. The molecule has 0 amide bonds. The van der Waals surface area contributed by atoms with Crippen LogP contribution in [0.3, 0.4) is 0 Å². The number of allylic oxidation sites excluding steroid dienone is 4. The molecule has 0 aliphatic heterocycles. The largest absolute Gasteiger partial charge is 0.491 e. The molecule has 0 bridgehead atoms. The van der Waals surface area contributed by atoms with E-state index in [1.807, 2.05) is 48.6 Å². The van der Waals surface area contributed by atoms with E-state index in [-0.39, 0.29) is 24.7 Å². The number of para-hydroxylation sites is 1. The van der Waals surface area contributed by atoms with Gasteiger partial charge in [0.05, 0.1) is 6.10 Å². The number of rotatable bonds is 12. The molecule has 2 rings (SSSR count). The Hall–Kier alpha value is -2.40. The maximum atomic E-state index is 12.1. The van der Waals surface area contributed by atoms with Crippen LogP contribution in [0.2, 0.25) is 0 Å². The van der Waals surface area contributed by atoms with Crippen LogP contribution < -0.4 is 4.74 Å². The first-order valence-electron chi connectivity index (χ1n) is 9.50. The Morgan fingerprint density at radius 2 is 2.04 bits per heavy atom. The molecule has 0 saturated heterocycles. The Bertz CT molecular complexity index is 663. The maximum absolute atomic E-state index is 12.1. The lowest BCUT2D eigenvalue weighted by Crippen LogP contribution is -2.18. The summed E-state index contributed by atoms with van der Waals surface area (Å²) in [5, 5.41) is 18.8. The highest BCUT2D eigenvalue weighted by Crippen LogP contribution is 2.30. The molecule has 2 atom stereocenters. The summed E-state index contributed by atoms with van der Waals surface area (Å²) in [5.74, 6) is 0.0605. The van der Waals surface area contributed by atoms with Crippen molar-refractivity contribution in [2.75, 3.05) is 6.61 Å². The molecule has 0 fully saturated rings. The zero-order valence-corrected chi connectivity index (χ0v) is 15.5. The minimum absolute atomic E-state index is 0.108. The van der Waals surface area contributed by atoms with Gasteiger partial charge in [0.25, 0.3) is 0 Å². The summed E-state index contributed by atoms with van der Waals surface area (Å²) in [6, 6.07) is 9.38. The molecule has 5 nitrogen and oxygen atoms in total. The predicted molar refractivity (Wildman–Crippen MR) is 104 cm³/mol. The Balaban J connectivity index is 1.70. The Kier molecular flexibility index (Phi) is 8.78. The molecule has 1 aliphatic carbocycles. The average molecular weight is 372 g/mol. The molecule has 1 aromatic rings. The number of ketones is 1. The van der Waals surface area contributed by atoms with E-state index in [4.69, 9.17) is 9.84 Å². The van der Waals surface area contributed by atoms with Crippen LogP contribution >= 0.6 is 0 Å². The summed E-state index contributed by atoms with van der Waals surface area (Å²) in [5.41, 5.74) is 1.09. The SMILES string of the molecule is O=C(O)CCCC=CC[C@H]1C(=O)CC=C1CC[C@H](O)COc1ccccc1. The second kappa shape index (κ2) is 11.3. The van der Waals surface area contributed by atoms with Gasteiger partial charge in [-0.25, -0.2) is 0 Å². The van der Waals surface area contributed by atoms with E-state index in [0.717, 1.165) is 11.3 Å². The number of hydrogen-bond acceptors (Lipinski definition) is 4. The van der Waals surface area contributed by atoms with Gasteiger partial charge in [0.15, 0.2) is 0 Å². The van der Waals surface area contributed by atoms with Crippen molar-refractivity contribution >= 4 is 11.8 Å². The highest BCUT2D eigenvalue weighted by Gasteiger charge is 2.26. The van der Waals surface area contributed by atoms with Crippen molar-refractivity contribution in [3.8, 4) is 5.75 Å². The molecule has 0 saturated carbocycles. The standard InChI is InChI=1S/C22H28O5/c23-18(16-27-19-8-4-3-5-9-19)14-12-17-13-15-21(24)20(17)10-6-1-2-7-11-22(25)26/h1,3-6,8-9,13,18,20,23H,2,7,10-12,14-16H2,(H,25,26)/t18-,20+/m0/s1. The molecular formula is C22H28O5. The zero-order valence-electron chi connectivity index (χ0n) is 15.5. The van der Waals surface area contributed by atoms with Crippen molar-refractivity contribution in [2.45, 2.75) is 51.0 Å². The minimum atomic E-state index is -0.783. The first-order valence-corrected chi connectivity index (χ1v) is 9.50. The van der Waals surface area contributed by atoms with Gasteiger partial charge in [-0.3, -0.25) is 9.59 Å². The molecule has 1 aromatic carbocycles. The number of hydrogen-bond donors (Lipinski definition) is 2. The summed E-state index contributed by atoms with van der Waals surface area (Å²) < 4.78 is 5.56. The fourth-order valence-electron chi connectivity index (χ4n) is 3.13. The van der Waals surface area contributed by atoms with Crippen LogP contribution in [0.5, 0.6) is 5.75 Å². The minimum Gasteiger partial charge on any atom is -0.491 e. The Morgan fingerprint density at radius 1 is 1.26 bits per heavy atom. The van der Waals surface area contributed by atoms with Crippen LogP contribution in [0.4, 0.5) is 0 Å². The van der Waals surface area contributed by atoms with Crippen molar-refractivity contribution in [3.63, 3.8) is 0 Å². The van der Waals surface area contributed by atoms with Gasteiger partial charge < -0.3 is 14.9 Å². The summed E-state index contributed by atoms with van der Waals surface area (Å²) in [6.07, 6.45) is 9.17. The quantitative estimate of drug-likeness (QED) is 0.429. The van der Waals surface area contributed by atoms with Gasteiger partial charge in [-0.1, -0.05) is 42.0 Å². The van der Waals surface area contributed by atoms with Crippen molar-refractivity contribution < 1.29 is 24.5 Å². The third-order valence-electron chi connectivity index (χ3n) is 4.65. The molecule has 0 heterocycles. The molecule has 0 aromatic heterocycles. The number of Topliss-reactive ketones (excluding diaryl/α,β-unsaturated/α-hetero) is 1. The fourth-order valence-corrected chi connectivity index (χ4v) is 3.13. The molecule has 1 aliphatic rings. The number of carbonyl (C=O) groups excluding carboxylic acids is 1. The number of benzene rings is 1. The molecule has 146 valence electrons. The topological polar surface area (TPSA) is 83.8 Å². The normalized spacial score (nSPS) is 17.9.